The Labute approximate surface area is 109 Å². The molecule has 0 aliphatic carbocycles. The van der Waals surface area contributed by atoms with Crippen LogP contribution in [0.5, 0.6) is 0 Å². The van der Waals surface area contributed by atoms with E-state index in [0.29, 0.717) is 5.69 Å². The summed E-state index contributed by atoms with van der Waals surface area (Å²) in [6.07, 6.45) is -0.848. The fourth-order valence-electron chi connectivity index (χ4n) is 1.39. The number of carboxylic acid groups (broad SMARTS) is 2. The predicted molar refractivity (Wildman–Crippen MR) is 66.6 cm³/mol. The number of Topliss-reactive ketones (excluding diaryl/α,β-unsaturated/α-hetero) is 1. The minimum atomic E-state index is -1.62. The van der Waals surface area contributed by atoms with E-state index in [9.17, 15) is 14.4 Å². The normalized spacial score (nSPS) is 11.6. The topological polar surface area (TPSA) is 116 Å². The van der Waals surface area contributed by atoms with Gasteiger partial charge in [0, 0.05) is 0 Å². The maximum absolute atomic E-state index is 11.4. The molecular formula is C12H14N2O5. The largest absolute Gasteiger partial charge is 0.481 e. The summed E-state index contributed by atoms with van der Waals surface area (Å²) in [4.78, 5) is 32.8. The Morgan fingerprint density at radius 3 is 2.37 bits per heavy atom. The van der Waals surface area contributed by atoms with Crippen LogP contribution in [-0.4, -0.2) is 34.0 Å². The van der Waals surface area contributed by atoms with Crippen LogP contribution in [0.4, 0.5) is 5.69 Å². The highest BCUT2D eigenvalue weighted by Gasteiger charge is 2.27. The van der Waals surface area contributed by atoms with Crippen LogP contribution in [-0.2, 0) is 14.4 Å². The molecular weight excluding hydrogens is 252 g/mol. The van der Waals surface area contributed by atoms with Crippen LogP contribution in [0.2, 0.25) is 0 Å². The van der Waals surface area contributed by atoms with Crippen molar-refractivity contribution >= 4 is 23.4 Å². The molecule has 1 aromatic carbocycles. The molecule has 0 aliphatic rings. The highest BCUT2D eigenvalue weighted by Crippen LogP contribution is 2.11. The zero-order chi connectivity index (χ0) is 14.4. The second-order valence-electron chi connectivity index (χ2n) is 3.89. The van der Waals surface area contributed by atoms with Gasteiger partial charge in [0.25, 0.3) is 0 Å². The number of anilines is 1. The van der Waals surface area contributed by atoms with E-state index in [1.54, 1.807) is 25.1 Å². The van der Waals surface area contributed by atoms with Gasteiger partial charge in [0.2, 0.25) is 0 Å². The van der Waals surface area contributed by atoms with Gasteiger partial charge in [0.1, 0.15) is 6.42 Å². The fourth-order valence-corrected chi connectivity index (χ4v) is 1.39. The van der Waals surface area contributed by atoms with Gasteiger partial charge in [-0.2, -0.15) is 0 Å². The molecule has 7 nitrogen and oxygen atoms in total. The third-order valence-electron chi connectivity index (χ3n) is 2.39. The molecule has 1 aromatic rings. The highest BCUT2D eigenvalue weighted by atomic mass is 16.4. The lowest BCUT2D eigenvalue weighted by molar-refractivity contribution is -0.145. The molecule has 0 spiro atoms. The molecule has 0 aromatic heterocycles. The molecule has 0 fully saturated rings. The second kappa shape index (κ2) is 6.50. The number of para-hydroxylation sites is 1. The first-order valence-electron chi connectivity index (χ1n) is 5.46. The Morgan fingerprint density at radius 2 is 1.84 bits per heavy atom. The Morgan fingerprint density at radius 1 is 1.21 bits per heavy atom. The van der Waals surface area contributed by atoms with Gasteiger partial charge in [-0.1, -0.05) is 18.2 Å². The molecule has 1 rings (SSSR count). The summed E-state index contributed by atoms with van der Waals surface area (Å²) in [5, 5.41) is 17.4. The van der Waals surface area contributed by atoms with Crippen molar-refractivity contribution in [1.82, 2.24) is 5.43 Å². The lowest BCUT2D eigenvalue weighted by Crippen LogP contribution is -2.46. The zero-order valence-electron chi connectivity index (χ0n) is 10.2. The van der Waals surface area contributed by atoms with Gasteiger partial charge in [-0.25, -0.2) is 10.2 Å². The first kappa shape index (κ1) is 14.7. The number of carbonyl (C=O) groups excluding carboxylic acids is 1. The molecule has 102 valence electrons. The molecule has 0 heterocycles. The summed E-state index contributed by atoms with van der Waals surface area (Å²) < 4.78 is 0. The maximum Gasteiger partial charge on any atom is 0.330 e. The van der Waals surface area contributed by atoms with Crippen LogP contribution >= 0.6 is 0 Å². The van der Waals surface area contributed by atoms with Crippen molar-refractivity contribution in [1.29, 1.82) is 0 Å². The number of carbonyl (C=O) groups is 3. The highest BCUT2D eigenvalue weighted by molar-refractivity contribution is 6.08. The van der Waals surface area contributed by atoms with Crippen LogP contribution in [0, 0.1) is 6.92 Å². The summed E-state index contributed by atoms with van der Waals surface area (Å²) in [7, 11) is 0. The summed E-state index contributed by atoms with van der Waals surface area (Å²) >= 11 is 0. The van der Waals surface area contributed by atoms with Crippen molar-refractivity contribution in [2.75, 3.05) is 5.43 Å². The fraction of sp³-hybridized carbons (Fsp3) is 0.250. The average Bonchev–Trinajstić information content (AvgIpc) is 2.30. The van der Waals surface area contributed by atoms with E-state index < -0.39 is 30.2 Å². The summed E-state index contributed by atoms with van der Waals surface area (Å²) in [6.45, 7) is 1.80. The molecule has 19 heavy (non-hydrogen) atoms. The molecule has 0 aliphatic heterocycles. The number of aryl methyl sites for hydroxylation is 1. The minimum Gasteiger partial charge on any atom is -0.481 e. The number of benzene rings is 1. The summed E-state index contributed by atoms with van der Waals surface area (Å²) in [5.74, 6) is -3.73. The first-order chi connectivity index (χ1) is 8.91. The van der Waals surface area contributed by atoms with Crippen molar-refractivity contribution in [2.24, 2.45) is 0 Å². The zero-order valence-corrected chi connectivity index (χ0v) is 10.2. The van der Waals surface area contributed by atoms with Crippen molar-refractivity contribution in [2.45, 2.75) is 19.4 Å². The van der Waals surface area contributed by atoms with E-state index in [1.165, 1.54) is 0 Å². The van der Waals surface area contributed by atoms with E-state index >= 15 is 0 Å². The lowest BCUT2D eigenvalue weighted by Gasteiger charge is -2.15. The van der Waals surface area contributed by atoms with Gasteiger partial charge in [-0.05, 0) is 18.6 Å². The number of hydrogen-bond donors (Lipinski definition) is 4. The smallest absolute Gasteiger partial charge is 0.330 e. The number of ketones is 1. The van der Waals surface area contributed by atoms with Gasteiger partial charge >= 0.3 is 11.9 Å². The summed E-state index contributed by atoms with van der Waals surface area (Å²) in [5.41, 5.74) is 6.38. The Hall–Kier alpha value is -2.41. The Bertz CT molecular complexity index is 501. The van der Waals surface area contributed by atoms with Gasteiger partial charge in [-0.3, -0.25) is 9.59 Å². The van der Waals surface area contributed by atoms with E-state index in [-0.39, 0.29) is 0 Å². The van der Waals surface area contributed by atoms with Gasteiger partial charge in [0.15, 0.2) is 11.8 Å². The molecule has 0 saturated carbocycles. The van der Waals surface area contributed by atoms with Crippen LogP contribution in [0.25, 0.3) is 0 Å². The third-order valence-corrected chi connectivity index (χ3v) is 2.39. The van der Waals surface area contributed by atoms with Gasteiger partial charge in [-0.15, -0.1) is 0 Å². The summed E-state index contributed by atoms with van der Waals surface area (Å²) in [6, 6.07) is 5.44. The number of carboxylic acids is 2. The van der Waals surface area contributed by atoms with E-state index in [4.69, 9.17) is 10.2 Å². The van der Waals surface area contributed by atoms with Gasteiger partial charge < -0.3 is 15.6 Å². The van der Waals surface area contributed by atoms with E-state index in [2.05, 4.69) is 10.9 Å². The minimum absolute atomic E-state index is 0.608. The monoisotopic (exact) mass is 266 g/mol. The molecule has 0 amide bonds. The molecule has 4 N–H and O–H groups in total. The molecule has 1 unspecified atom stereocenters. The number of hydrogen-bond acceptors (Lipinski definition) is 5. The van der Waals surface area contributed by atoms with Gasteiger partial charge in [0.05, 0.1) is 5.69 Å². The van der Waals surface area contributed by atoms with Crippen LogP contribution in [0.3, 0.4) is 0 Å². The Balaban J connectivity index is 2.70. The van der Waals surface area contributed by atoms with Crippen molar-refractivity contribution in [3.63, 3.8) is 0 Å². The van der Waals surface area contributed by atoms with E-state index in [0.717, 1.165) is 5.56 Å². The number of hydrazine groups is 1. The van der Waals surface area contributed by atoms with Crippen molar-refractivity contribution in [3.8, 4) is 0 Å². The van der Waals surface area contributed by atoms with Crippen LogP contribution < -0.4 is 10.9 Å². The lowest BCUT2D eigenvalue weighted by atomic mass is 10.1. The third kappa shape index (κ3) is 4.40. The molecule has 7 heteroatoms. The molecule has 0 saturated heterocycles. The average molecular weight is 266 g/mol. The number of nitrogens with one attached hydrogen (secondary N) is 2. The SMILES string of the molecule is Cc1ccccc1NNC(C(=O)O)C(=O)CC(=O)O. The van der Waals surface area contributed by atoms with Crippen LogP contribution in [0.1, 0.15) is 12.0 Å². The maximum atomic E-state index is 11.4. The first-order valence-corrected chi connectivity index (χ1v) is 5.46. The van der Waals surface area contributed by atoms with Crippen molar-refractivity contribution in [3.05, 3.63) is 29.8 Å². The van der Waals surface area contributed by atoms with E-state index in [1.807, 2.05) is 6.07 Å². The molecule has 1 atom stereocenters. The quantitative estimate of drug-likeness (QED) is 0.417. The number of aliphatic carboxylic acids is 2. The van der Waals surface area contributed by atoms with Crippen LogP contribution in [0.15, 0.2) is 24.3 Å². The standard InChI is InChI=1S/C12H14N2O5/c1-7-4-2-3-5-8(7)13-14-11(12(18)19)9(15)6-10(16)17/h2-5,11,13-14H,6H2,1H3,(H,16,17)(H,18,19). The number of rotatable bonds is 7. The predicted octanol–water partition coefficient (Wildman–Crippen LogP) is 0.409. The molecule has 0 radical (unpaired) electrons. The van der Waals surface area contributed by atoms with Crippen molar-refractivity contribution < 1.29 is 24.6 Å². The molecule has 0 bridgehead atoms. The second-order valence-corrected chi connectivity index (χ2v) is 3.89. The Kier molecular flexibility index (Phi) is 5.01.